The number of halogens is 3. The van der Waals surface area contributed by atoms with Crippen LogP contribution in [0.15, 0.2) is 48.5 Å². The predicted octanol–water partition coefficient (Wildman–Crippen LogP) is 4.10. The lowest BCUT2D eigenvalue weighted by Gasteiger charge is -2.34. The summed E-state index contributed by atoms with van der Waals surface area (Å²) in [5.41, 5.74) is 4.33. The van der Waals surface area contributed by atoms with Crippen LogP contribution in [0.4, 0.5) is 18.9 Å². The van der Waals surface area contributed by atoms with Gasteiger partial charge in [0.2, 0.25) is 0 Å². The van der Waals surface area contributed by atoms with E-state index >= 15 is 0 Å². The van der Waals surface area contributed by atoms with E-state index in [1.54, 1.807) is 0 Å². The van der Waals surface area contributed by atoms with Gasteiger partial charge >= 0.3 is 6.18 Å². The lowest BCUT2D eigenvalue weighted by Crippen LogP contribution is -2.29. The van der Waals surface area contributed by atoms with Crippen molar-refractivity contribution in [3.8, 4) is 5.75 Å². The second-order valence-electron chi connectivity index (χ2n) is 6.33. The molecule has 1 spiro atoms. The van der Waals surface area contributed by atoms with E-state index in [0.717, 1.165) is 19.0 Å². The summed E-state index contributed by atoms with van der Waals surface area (Å²) >= 11 is 0. The number of anilines is 1. The first-order chi connectivity index (χ1) is 10.9. The number of nitrogens with zero attached hydrogens (tertiary/aromatic N) is 1. The number of ether oxygens (including phenoxy) is 1. The number of alkyl halides is 3. The SMILES string of the molecule is Nc1cncc(C(F)(F)F)c1OC1=CC2CC3C=CC=CC13C2. The maximum absolute atomic E-state index is 13.2. The number of pyridine rings is 1. The molecule has 0 aliphatic heterocycles. The molecule has 1 saturated carbocycles. The normalized spacial score (nSPS) is 31.2. The van der Waals surface area contributed by atoms with E-state index in [9.17, 15) is 13.2 Å². The van der Waals surface area contributed by atoms with Crippen LogP contribution in [-0.2, 0) is 6.18 Å². The fourth-order valence-electron chi connectivity index (χ4n) is 3.95. The molecule has 1 heterocycles. The van der Waals surface area contributed by atoms with Gasteiger partial charge in [-0.25, -0.2) is 0 Å². The Balaban J connectivity index is 1.74. The van der Waals surface area contributed by atoms with E-state index in [1.165, 1.54) is 6.20 Å². The molecule has 0 saturated heterocycles. The summed E-state index contributed by atoms with van der Waals surface area (Å²) in [6.45, 7) is 0. The van der Waals surface area contributed by atoms with Crippen molar-refractivity contribution < 1.29 is 17.9 Å². The maximum Gasteiger partial charge on any atom is 0.421 e. The van der Waals surface area contributed by atoms with Gasteiger partial charge in [-0.15, -0.1) is 0 Å². The predicted molar refractivity (Wildman–Crippen MR) is 79.3 cm³/mol. The van der Waals surface area contributed by atoms with Crippen LogP contribution in [0.5, 0.6) is 5.75 Å². The molecule has 4 rings (SSSR count). The summed E-state index contributed by atoms with van der Waals surface area (Å²) in [5, 5.41) is 0. The molecular formula is C17H15F3N2O. The van der Waals surface area contributed by atoms with Crippen LogP contribution >= 0.6 is 0 Å². The molecule has 3 nitrogen and oxygen atoms in total. The highest BCUT2D eigenvalue weighted by molar-refractivity contribution is 5.57. The quantitative estimate of drug-likeness (QED) is 0.892. The van der Waals surface area contributed by atoms with Crippen LogP contribution in [-0.4, -0.2) is 4.98 Å². The monoisotopic (exact) mass is 320 g/mol. The van der Waals surface area contributed by atoms with Crippen molar-refractivity contribution in [2.75, 3.05) is 5.73 Å². The molecule has 0 radical (unpaired) electrons. The van der Waals surface area contributed by atoms with Crippen molar-refractivity contribution in [3.05, 3.63) is 54.1 Å². The van der Waals surface area contributed by atoms with Crippen molar-refractivity contribution in [2.45, 2.75) is 19.0 Å². The molecular weight excluding hydrogens is 305 g/mol. The van der Waals surface area contributed by atoms with Crippen LogP contribution in [0, 0.1) is 17.3 Å². The Labute approximate surface area is 131 Å². The molecule has 0 amide bonds. The smallest absolute Gasteiger partial charge is 0.421 e. The highest BCUT2D eigenvalue weighted by Crippen LogP contribution is 2.60. The number of allylic oxidation sites excluding steroid dienone is 5. The highest BCUT2D eigenvalue weighted by Gasteiger charge is 2.53. The van der Waals surface area contributed by atoms with Gasteiger partial charge in [0.05, 0.1) is 17.3 Å². The molecule has 120 valence electrons. The largest absolute Gasteiger partial charge is 0.458 e. The minimum Gasteiger partial charge on any atom is -0.458 e. The summed E-state index contributed by atoms with van der Waals surface area (Å²) in [4.78, 5) is 3.54. The minimum atomic E-state index is -4.56. The fraction of sp³-hybridized carbons (Fsp3) is 0.353. The van der Waals surface area contributed by atoms with E-state index in [4.69, 9.17) is 10.5 Å². The molecule has 3 aliphatic carbocycles. The van der Waals surface area contributed by atoms with E-state index in [0.29, 0.717) is 11.7 Å². The topological polar surface area (TPSA) is 48.1 Å². The maximum atomic E-state index is 13.2. The zero-order chi connectivity index (χ0) is 16.2. The summed E-state index contributed by atoms with van der Waals surface area (Å²) in [5.74, 6) is 0.833. The summed E-state index contributed by atoms with van der Waals surface area (Å²) in [6.07, 6.45) is 9.27. The zero-order valence-electron chi connectivity index (χ0n) is 12.2. The van der Waals surface area contributed by atoms with E-state index in [1.807, 2.05) is 24.3 Å². The van der Waals surface area contributed by atoms with Gasteiger partial charge in [-0.1, -0.05) is 24.3 Å². The Kier molecular flexibility index (Phi) is 2.89. The molecule has 3 unspecified atom stereocenters. The molecule has 23 heavy (non-hydrogen) atoms. The molecule has 6 heteroatoms. The van der Waals surface area contributed by atoms with E-state index in [-0.39, 0.29) is 22.8 Å². The first-order valence-electron chi connectivity index (χ1n) is 7.47. The Morgan fingerprint density at radius 3 is 2.87 bits per heavy atom. The molecule has 3 atom stereocenters. The van der Waals surface area contributed by atoms with Crippen LogP contribution < -0.4 is 10.5 Å². The van der Waals surface area contributed by atoms with Gasteiger partial charge < -0.3 is 10.5 Å². The van der Waals surface area contributed by atoms with Gasteiger partial charge in [-0.05, 0) is 30.8 Å². The molecule has 1 fully saturated rings. The van der Waals surface area contributed by atoms with Gasteiger partial charge in [0.15, 0.2) is 5.75 Å². The fourth-order valence-corrected chi connectivity index (χ4v) is 3.95. The number of fused-ring (bicyclic) bond motifs is 1. The lowest BCUT2D eigenvalue weighted by molar-refractivity contribution is -0.139. The minimum absolute atomic E-state index is 0.105. The Morgan fingerprint density at radius 1 is 1.26 bits per heavy atom. The second-order valence-corrected chi connectivity index (χ2v) is 6.33. The number of nitrogens with two attached hydrogens (primary N) is 1. The van der Waals surface area contributed by atoms with E-state index < -0.39 is 11.7 Å². The first kappa shape index (κ1) is 14.4. The second kappa shape index (κ2) is 4.63. The third kappa shape index (κ3) is 2.08. The number of rotatable bonds is 2. The highest BCUT2D eigenvalue weighted by atomic mass is 19.4. The number of aromatic nitrogens is 1. The van der Waals surface area contributed by atoms with Crippen molar-refractivity contribution in [2.24, 2.45) is 17.3 Å². The average Bonchev–Trinajstić information content (AvgIpc) is 3.01. The Hall–Kier alpha value is -2.24. The Bertz CT molecular complexity index is 751. The third-order valence-electron chi connectivity index (χ3n) is 4.95. The van der Waals surface area contributed by atoms with Crippen molar-refractivity contribution in [1.82, 2.24) is 4.98 Å². The first-order valence-corrected chi connectivity index (χ1v) is 7.47. The number of hydrogen-bond acceptors (Lipinski definition) is 3. The molecule has 3 aliphatic rings. The number of hydrogen-bond donors (Lipinski definition) is 1. The van der Waals surface area contributed by atoms with Gasteiger partial charge in [0.1, 0.15) is 11.3 Å². The molecule has 1 aromatic rings. The van der Waals surface area contributed by atoms with Crippen molar-refractivity contribution in [1.29, 1.82) is 0 Å². The van der Waals surface area contributed by atoms with Crippen LogP contribution in [0.25, 0.3) is 0 Å². The standard InChI is InChI=1S/C17H15F3N2O/c18-17(19,20)12-8-22-9-13(21)15(12)23-14-6-10-5-11-3-1-2-4-16(11,14)7-10/h1-4,6,8-11H,5,7,21H2. The van der Waals surface area contributed by atoms with Crippen LogP contribution in [0.1, 0.15) is 18.4 Å². The summed E-state index contributed by atoms with van der Waals surface area (Å²) in [7, 11) is 0. The summed E-state index contributed by atoms with van der Waals surface area (Å²) in [6, 6.07) is 0. The molecule has 2 bridgehead atoms. The van der Waals surface area contributed by atoms with Gasteiger partial charge in [0, 0.05) is 6.20 Å². The lowest BCUT2D eigenvalue weighted by atomic mass is 9.74. The zero-order valence-corrected chi connectivity index (χ0v) is 12.2. The third-order valence-corrected chi connectivity index (χ3v) is 4.95. The average molecular weight is 320 g/mol. The number of nitrogen functional groups attached to an aromatic ring is 1. The molecule has 1 aromatic heterocycles. The van der Waals surface area contributed by atoms with Crippen LogP contribution in [0.3, 0.4) is 0 Å². The van der Waals surface area contributed by atoms with Crippen molar-refractivity contribution in [3.63, 3.8) is 0 Å². The molecule has 2 N–H and O–H groups in total. The van der Waals surface area contributed by atoms with Gasteiger partial charge in [-0.3, -0.25) is 4.98 Å². The summed E-state index contributed by atoms with van der Waals surface area (Å²) < 4.78 is 45.4. The van der Waals surface area contributed by atoms with Crippen molar-refractivity contribution >= 4 is 5.69 Å². The van der Waals surface area contributed by atoms with Crippen LogP contribution in [0.2, 0.25) is 0 Å². The Morgan fingerprint density at radius 2 is 2.09 bits per heavy atom. The van der Waals surface area contributed by atoms with Gasteiger partial charge in [0.25, 0.3) is 0 Å². The van der Waals surface area contributed by atoms with Gasteiger partial charge in [-0.2, -0.15) is 13.2 Å². The molecule has 0 aromatic carbocycles. The van der Waals surface area contributed by atoms with E-state index in [2.05, 4.69) is 11.1 Å².